The Morgan fingerprint density at radius 3 is 2.27 bits per heavy atom. The lowest BCUT2D eigenvalue weighted by molar-refractivity contribution is -0.159. The molecule has 0 spiro atoms. The molecule has 1 fully saturated rings. The molecule has 2 heterocycles. The number of nitrogens with one attached hydrogen (secondary N) is 1. The lowest BCUT2D eigenvalue weighted by atomic mass is 9.96. The number of aliphatic hydroxyl groups excluding tert-OH is 2. The van der Waals surface area contributed by atoms with Crippen molar-refractivity contribution in [3.63, 3.8) is 0 Å². The number of imide groups is 1. The number of nitrogens with zero attached hydrogens (tertiary/aromatic N) is 2. The number of imidazole rings is 1. The largest absolute Gasteiger partial charge is 0.493 e. The van der Waals surface area contributed by atoms with Gasteiger partial charge in [0.1, 0.15) is 31.2 Å². The topological polar surface area (TPSA) is 160 Å². The molecule has 168 valence electrons. The molecule has 2 rings (SSSR count). The summed E-state index contributed by atoms with van der Waals surface area (Å²) >= 11 is 0. The van der Waals surface area contributed by atoms with Gasteiger partial charge in [-0.15, -0.1) is 0 Å². The number of aromatic hydroxyl groups is 1. The molecule has 1 unspecified atom stereocenters. The predicted octanol–water partition coefficient (Wildman–Crippen LogP) is 0.0997. The van der Waals surface area contributed by atoms with E-state index >= 15 is 0 Å². The molecule has 1 aliphatic rings. The smallest absolute Gasteiger partial charge is 0.311 e. The molecule has 4 atom stereocenters. The zero-order valence-corrected chi connectivity index (χ0v) is 17.9. The van der Waals surface area contributed by atoms with Crippen molar-refractivity contribution in [2.75, 3.05) is 6.61 Å². The van der Waals surface area contributed by atoms with Crippen molar-refractivity contribution in [2.45, 2.75) is 66.1 Å². The van der Waals surface area contributed by atoms with Gasteiger partial charge in [-0.3, -0.25) is 24.3 Å². The maximum atomic E-state index is 12.3. The molecule has 0 aliphatic carbocycles. The highest BCUT2D eigenvalue weighted by Crippen LogP contribution is 2.33. The summed E-state index contributed by atoms with van der Waals surface area (Å²) < 4.78 is 11.6. The molecule has 2 amide bonds. The van der Waals surface area contributed by atoms with Gasteiger partial charge in [0.2, 0.25) is 11.8 Å². The molecule has 1 aromatic rings. The first-order valence-electron chi connectivity index (χ1n) is 9.45. The van der Waals surface area contributed by atoms with E-state index < -0.39 is 64.7 Å². The van der Waals surface area contributed by atoms with E-state index in [9.17, 15) is 29.7 Å². The van der Waals surface area contributed by atoms with Gasteiger partial charge in [-0.1, -0.05) is 20.8 Å². The van der Waals surface area contributed by atoms with E-state index in [0.717, 1.165) is 10.9 Å². The zero-order chi connectivity index (χ0) is 23.0. The lowest BCUT2D eigenvalue weighted by Gasteiger charge is -2.20. The second-order valence-electron chi connectivity index (χ2n) is 9.25. The summed E-state index contributed by atoms with van der Waals surface area (Å²) in [5.41, 5.74) is -2.03. The van der Waals surface area contributed by atoms with Crippen molar-refractivity contribution < 1.29 is 39.2 Å². The SMILES string of the molecule is CC(C)(C)C(=O)NC(=O)c1ncn([C@@H]2O[C@H](COC(=O)C(C)(C)C)C(O)[C@@H]2O)c1O. The van der Waals surface area contributed by atoms with E-state index in [-0.39, 0.29) is 6.61 Å². The molecule has 1 aliphatic heterocycles. The van der Waals surface area contributed by atoms with Gasteiger partial charge < -0.3 is 24.8 Å². The van der Waals surface area contributed by atoms with E-state index in [1.165, 1.54) is 0 Å². The first-order valence-corrected chi connectivity index (χ1v) is 9.45. The summed E-state index contributed by atoms with van der Waals surface area (Å²) in [5.74, 6) is -2.65. The Labute approximate surface area is 174 Å². The minimum absolute atomic E-state index is 0.312. The van der Waals surface area contributed by atoms with Gasteiger partial charge in [0.15, 0.2) is 11.9 Å². The molecule has 1 saturated heterocycles. The zero-order valence-electron chi connectivity index (χ0n) is 17.9. The number of amides is 2. The third-order valence-corrected chi connectivity index (χ3v) is 4.49. The Bertz CT molecular complexity index is 821. The van der Waals surface area contributed by atoms with Crippen LogP contribution in [0.5, 0.6) is 5.88 Å². The quantitative estimate of drug-likeness (QED) is 0.489. The molecular weight excluding hydrogens is 398 g/mol. The van der Waals surface area contributed by atoms with Crippen LogP contribution in [-0.2, 0) is 19.1 Å². The molecule has 1 aromatic heterocycles. The minimum Gasteiger partial charge on any atom is -0.493 e. The van der Waals surface area contributed by atoms with E-state index in [1.807, 2.05) is 0 Å². The lowest BCUT2D eigenvalue weighted by Crippen LogP contribution is -2.39. The third kappa shape index (κ3) is 4.97. The fourth-order valence-corrected chi connectivity index (χ4v) is 2.52. The van der Waals surface area contributed by atoms with Gasteiger partial charge in [0.05, 0.1) is 5.41 Å². The summed E-state index contributed by atoms with van der Waals surface area (Å²) in [4.78, 5) is 39.9. The monoisotopic (exact) mass is 427 g/mol. The Morgan fingerprint density at radius 1 is 1.13 bits per heavy atom. The molecule has 0 bridgehead atoms. The average molecular weight is 427 g/mol. The first kappa shape index (κ1) is 23.8. The van der Waals surface area contributed by atoms with Crippen molar-refractivity contribution in [1.82, 2.24) is 14.9 Å². The fraction of sp³-hybridized carbons (Fsp3) is 0.684. The Balaban J connectivity index is 2.12. The van der Waals surface area contributed by atoms with Crippen LogP contribution in [0.3, 0.4) is 0 Å². The van der Waals surface area contributed by atoms with Crippen molar-refractivity contribution in [2.24, 2.45) is 10.8 Å². The standard InChI is InChI=1S/C19H29N3O8/c1-18(2,3)16(27)21-13(25)10-14(26)22(8-20-10)15-12(24)11(23)9(30-15)7-29-17(28)19(4,5)6/h8-9,11-12,15,23-24,26H,7H2,1-6H3,(H,21,25,27)/t9-,11?,12+,15-/m1/s1. The van der Waals surface area contributed by atoms with Crippen molar-refractivity contribution in [3.05, 3.63) is 12.0 Å². The Morgan fingerprint density at radius 2 is 1.73 bits per heavy atom. The summed E-state index contributed by atoms with van der Waals surface area (Å²) in [6, 6.07) is 0. The van der Waals surface area contributed by atoms with Gasteiger partial charge in [-0.2, -0.15) is 0 Å². The van der Waals surface area contributed by atoms with Gasteiger partial charge in [0.25, 0.3) is 5.91 Å². The maximum absolute atomic E-state index is 12.3. The van der Waals surface area contributed by atoms with E-state index in [1.54, 1.807) is 41.5 Å². The van der Waals surface area contributed by atoms with Gasteiger partial charge in [-0.25, -0.2) is 4.98 Å². The Kier molecular flexibility index (Phi) is 6.60. The normalized spacial score (nSPS) is 24.5. The molecule has 0 radical (unpaired) electrons. The summed E-state index contributed by atoms with van der Waals surface area (Å²) in [6.45, 7) is 9.53. The average Bonchev–Trinajstić information content (AvgIpc) is 3.12. The number of carbonyl (C=O) groups is 3. The predicted molar refractivity (Wildman–Crippen MR) is 102 cm³/mol. The summed E-state index contributed by atoms with van der Waals surface area (Å²) in [5, 5.41) is 33.0. The molecular formula is C19H29N3O8. The summed E-state index contributed by atoms with van der Waals surface area (Å²) in [6.07, 6.45) is -4.21. The maximum Gasteiger partial charge on any atom is 0.311 e. The highest BCUT2D eigenvalue weighted by Gasteiger charge is 2.46. The van der Waals surface area contributed by atoms with Crippen LogP contribution in [0, 0.1) is 10.8 Å². The highest BCUT2D eigenvalue weighted by atomic mass is 16.6. The first-order chi connectivity index (χ1) is 13.6. The number of aromatic nitrogens is 2. The van der Waals surface area contributed by atoms with Gasteiger partial charge in [0, 0.05) is 5.41 Å². The van der Waals surface area contributed by atoms with Crippen molar-refractivity contribution in [1.29, 1.82) is 0 Å². The van der Waals surface area contributed by atoms with Crippen LogP contribution >= 0.6 is 0 Å². The number of esters is 1. The molecule has 0 saturated carbocycles. The van der Waals surface area contributed by atoms with Crippen LogP contribution in [0.15, 0.2) is 6.33 Å². The molecule has 11 nitrogen and oxygen atoms in total. The minimum atomic E-state index is -1.49. The second-order valence-corrected chi connectivity index (χ2v) is 9.25. The number of carbonyl (C=O) groups excluding carboxylic acids is 3. The van der Waals surface area contributed by atoms with E-state index in [0.29, 0.717) is 0 Å². The van der Waals surface area contributed by atoms with Crippen LogP contribution in [0.1, 0.15) is 58.3 Å². The van der Waals surface area contributed by atoms with Crippen LogP contribution in [0.2, 0.25) is 0 Å². The van der Waals surface area contributed by atoms with Crippen LogP contribution < -0.4 is 5.32 Å². The molecule has 11 heteroatoms. The van der Waals surface area contributed by atoms with Crippen LogP contribution in [-0.4, -0.2) is 67.6 Å². The summed E-state index contributed by atoms with van der Waals surface area (Å²) in [7, 11) is 0. The number of aliphatic hydroxyl groups is 2. The van der Waals surface area contributed by atoms with Crippen LogP contribution in [0.25, 0.3) is 0 Å². The van der Waals surface area contributed by atoms with Crippen LogP contribution in [0.4, 0.5) is 0 Å². The highest BCUT2D eigenvalue weighted by molar-refractivity contribution is 6.06. The number of hydrogen-bond donors (Lipinski definition) is 4. The number of ether oxygens (including phenoxy) is 2. The van der Waals surface area contributed by atoms with Crippen molar-refractivity contribution >= 4 is 17.8 Å². The van der Waals surface area contributed by atoms with E-state index in [2.05, 4.69) is 10.3 Å². The van der Waals surface area contributed by atoms with Crippen molar-refractivity contribution in [3.8, 4) is 5.88 Å². The van der Waals surface area contributed by atoms with Gasteiger partial charge in [-0.05, 0) is 20.8 Å². The molecule has 4 N–H and O–H groups in total. The van der Waals surface area contributed by atoms with Gasteiger partial charge >= 0.3 is 5.97 Å². The number of hydrogen-bond acceptors (Lipinski definition) is 9. The fourth-order valence-electron chi connectivity index (χ4n) is 2.52. The second kappa shape index (κ2) is 8.32. The Hall–Kier alpha value is -2.50. The van der Waals surface area contributed by atoms with E-state index in [4.69, 9.17) is 9.47 Å². The number of rotatable bonds is 4. The third-order valence-electron chi connectivity index (χ3n) is 4.49. The molecule has 0 aromatic carbocycles. The molecule has 30 heavy (non-hydrogen) atoms.